The maximum Gasteiger partial charge on any atom is 0.340 e. The second kappa shape index (κ2) is 9.95. The van der Waals surface area contributed by atoms with Crippen molar-refractivity contribution in [2.45, 2.75) is 25.8 Å². The maximum absolute atomic E-state index is 12.8. The maximum atomic E-state index is 12.8. The summed E-state index contributed by atoms with van der Waals surface area (Å²) in [5.74, 6) is -1.74. The number of rotatable bonds is 7. The molecule has 0 fully saturated rings. The van der Waals surface area contributed by atoms with E-state index in [1.54, 1.807) is 55.7 Å². The van der Waals surface area contributed by atoms with E-state index in [9.17, 15) is 19.5 Å². The molecule has 7 nitrogen and oxygen atoms in total. The van der Waals surface area contributed by atoms with Gasteiger partial charge in [-0.1, -0.05) is 54.1 Å². The molecule has 0 saturated carbocycles. The Morgan fingerprint density at radius 1 is 1.00 bits per heavy atom. The number of fused-ring (bicyclic) bond motifs is 2. The molecule has 0 unspecified atom stereocenters. The van der Waals surface area contributed by atoms with Gasteiger partial charge in [-0.15, -0.1) is 0 Å². The van der Waals surface area contributed by atoms with Crippen LogP contribution in [0, 0.1) is 6.92 Å². The lowest BCUT2D eigenvalue weighted by atomic mass is 9.99. The second-order valence-corrected chi connectivity index (χ2v) is 9.26. The van der Waals surface area contributed by atoms with E-state index in [-0.39, 0.29) is 18.4 Å². The van der Waals surface area contributed by atoms with Crippen molar-refractivity contribution in [3.8, 4) is 11.1 Å². The summed E-state index contributed by atoms with van der Waals surface area (Å²) in [6, 6.07) is 18.8. The molecule has 0 spiro atoms. The summed E-state index contributed by atoms with van der Waals surface area (Å²) in [6.45, 7) is 1.74. The first-order valence-electron chi connectivity index (χ1n) is 11.6. The first-order valence-corrected chi connectivity index (χ1v) is 12.0. The summed E-state index contributed by atoms with van der Waals surface area (Å²) >= 11 is 6.02. The van der Waals surface area contributed by atoms with E-state index >= 15 is 0 Å². The lowest BCUT2D eigenvalue weighted by molar-refractivity contribution is -0.141. The van der Waals surface area contributed by atoms with Crippen LogP contribution in [0.25, 0.3) is 33.1 Å². The molecular formula is C29H22ClNO6. The molecule has 37 heavy (non-hydrogen) atoms. The van der Waals surface area contributed by atoms with Gasteiger partial charge in [-0.2, -0.15) is 0 Å². The Morgan fingerprint density at radius 3 is 2.43 bits per heavy atom. The fourth-order valence-electron chi connectivity index (χ4n) is 4.42. The molecule has 186 valence electrons. The van der Waals surface area contributed by atoms with Gasteiger partial charge in [-0.3, -0.25) is 4.79 Å². The third-order valence-corrected chi connectivity index (χ3v) is 6.64. The summed E-state index contributed by atoms with van der Waals surface area (Å²) in [4.78, 5) is 37.4. The van der Waals surface area contributed by atoms with Crippen LogP contribution in [0.1, 0.15) is 16.7 Å². The van der Waals surface area contributed by atoms with Crippen molar-refractivity contribution >= 4 is 45.4 Å². The highest BCUT2D eigenvalue weighted by molar-refractivity contribution is 6.30. The van der Waals surface area contributed by atoms with Gasteiger partial charge in [-0.25, -0.2) is 9.59 Å². The van der Waals surface area contributed by atoms with Crippen molar-refractivity contribution in [2.24, 2.45) is 0 Å². The van der Waals surface area contributed by atoms with Gasteiger partial charge >= 0.3 is 11.6 Å². The normalized spacial score (nSPS) is 12.1. The molecule has 0 saturated heterocycles. The average Bonchev–Trinajstić information content (AvgIpc) is 3.29. The lowest BCUT2D eigenvalue weighted by Gasteiger charge is -2.15. The van der Waals surface area contributed by atoms with Crippen LogP contribution in [0.15, 0.2) is 86.6 Å². The van der Waals surface area contributed by atoms with Crippen molar-refractivity contribution in [1.82, 2.24) is 5.32 Å². The highest BCUT2D eigenvalue weighted by Gasteiger charge is 2.23. The Labute approximate surface area is 216 Å². The van der Waals surface area contributed by atoms with Crippen molar-refractivity contribution in [1.29, 1.82) is 0 Å². The van der Waals surface area contributed by atoms with Gasteiger partial charge in [0.25, 0.3) is 0 Å². The van der Waals surface area contributed by atoms with Gasteiger partial charge in [0.05, 0.1) is 18.2 Å². The smallest absolute Gasteiger partial charge is 0.340 e. The van der Waals surface area contributed by atoms with Crippen LogP contribution in [-0.2, 0) is 22.4 Å². The number of hydrogen-bond donors (Lipinski definition) is 2. The van der Waals surface area contributed by atoms with E-state index in [0.717, 1.165) is 22.1 Å². The third-order valence-electron chi connectivity index (χ3n) is 6.39. The van der Waals surface area contributed by atoms with Crippen LogP contribution in [0.4, 0.5) is 0 Å². The first-order chi connectivity index (χ1) is 17.8. The molecule has 0 aliphatic carbocycles. The predicted octanol–water partition coefficient (Wildman–Crippen LogP) is 5.52. The van der Waals surface area contributed by atoms with Crippen molar-refractivity contribution in [2.75, 3.05) is 0 Å². The number of aryl methyl sites for hydroxylation is 1. The number of nitrogens with one attached hydrogen (secondary N) is 1. The number of carbonyl (C=O) groups is 2. The zero-order chi connectivity index (χ0) is 26.1. The fourth-order valence-corrected chi connectivity index (χ4v) is 4.55. The Balaban J connectivity index is 1.46. The predicted molar refractivity (Wildman–Crippen MR) is 141 cm³/mol. The molecule has 0 aliphatic rings. The minimum atomic E-state index is -1.16. The fraction of sp³-hybridized carbons (Fsp3) is 0.138. The molecule has 2 N–H and O–H groups in total. The van der Waals surface area contributed by atoms with Gasteiger partial charge in [0.1, 0.15) is 17.2 Å². The van der Waals surface area contributed by atoms with Gasteiger partial charge in [-0.05, 0) is 41.8 Å². The number of hydrogen-bond acceptors (Lipinski definition) is 5. The molecule has 3 aromatic carbocycles. The number of furan rings is 1. The largest absolute Gasteiger partial charge is 0.480 e. The van der Waals surface area contributed by atoms with E-state index in [2.05, 4.69) is 5.32 Å². The summed E-state index contributed by atoms with van der Waals surface area (Å²) in [5, 5.41) is 14.2. The molecule has 8 heteroatoms. The average molecular weight is 516 g/mol. The Hall–Kier alpha value is -4.36. The van der Waals surface area contributed by atoms with E-state index in [1.807, 2.05) is 24.3 Å². The van der Waals surface area contributed by atoms with Gasteiger partial charge in [0, 0.05) is 33.8 Å². The number of carboxylic acid groups (broad SMARTS) is 1. The van der Waals surface area contributed by atoms with Crippen LogP contribution in [0.3, 0.4) is 0 Å². The van der Waals surface area contributed by atoms with Crippen LogP contribution in [0.2, 0.25) is 5.02 Å². The highest BCUT2D eigenvalue weighted by atomic mass is 35.5. The molecule has 0 radical (unpaired) electrons. The molecule has 2 heterocycles. The topological polar surface area (TPSA) is 110 Å². The number of carbonyl (C=O) groups excluding carboxylic acids is 1. The molecule has 5 aromatic rings. The second-order valence-electron chi connectivity index (χ2n) is 8.82. The molecular weight excluding hydrogens is 494 g/mol. The van der Waals surface area contributed by atoms with Crippen LogP contribution in [-0.4, -0.2) is 23.0 Å². The van der Waals surface area contributed by atoms with E-state index in [1.165, 1.54) is 0 Å². The number of halogens is 1. The molecule has 2 aromatic heterocycles. The monoisotopic (exact) mass is 515 g/mol. The number of benzene rings is 3. The molecule has 5 rings (SSSR count). The quantitative estimate of drug-likeness (QED) is 0.276. The molecule has 1 amide bonds. The SMILES string of the molecule is Cc1c(CC(=O)N[C@@H](Cc2ccccc2)C(=O)O)c(=O)oc2cc3occ(-c4ccc(Cl)cc4)c3cc12. The minimum absolute atomic E-state index is 0.124. The third kappa shape index (κ3) is 4.99. The minimum Gasteiger partial charge on any atom is -0.480 e. The van der Waals surface area contributed by atoms with Crippen molar-refractivity contribution < 1.29 is 23.5 Å². The summed E-state index contributed by atoms with van der Waals surface area (Å²) in [5.41, 5.74) is 3.53. The lowest BCUT2D eigenvalue weighted by Crippen LogP contribution is -2.43. The van der Waals surface area contributed by atoms with Gasteiger partial charge in [0.15, 0.2) is 0 Å². The number of amides is 1. The summed E-state index contributed by atoms with van der Waals surface area (Å²) in [6.07, 6.45) is 1.45. The molecule has 1 atom stereocenters. The Morgan fingerprint density at radius 2 is 1.73 bits per heavy atom. The van der Waals surface area contributed by atoms with Crippen LogP contribution >= 0.6 is 11.6 Å². The molecule has 0 aliphatic heterocycles. The van der Waals surface area contributed by atoms with Gasteiger partial charge in [0.2, 0.25) is 5.91 Å². The Bertz CT molecular complexity index is 1690. The highest BCUT2D eigenvalue weighted by Crippen LogP contribution is 2.35. The van der Waals surface area contributed by atoms with Gasteiger partial charge < -0.3 is 19.3 Å². The van der Waals surface area contributed by atoms with Crippen LogP contribution < -0.4 is 10.9 Å². The van der Waals surface area contributed by atoms with E-state index in [4.69, 9.17) is 20.4 Å². The first kappa shape index (κ1) is 24.3. The number of aliphatic carboxylic acids is 1. The van der Waals surface area contributed by atoms with Crippen LogP contribution in [0.5, 0.6) is 0 Å². The zero-order valence-corrected chi connectivity index (χ0v) is 20.5. The van der Waals surface area contributed by atoms with E-state index in [0.29, 0.717) is 27.1 Å². The number of carboxylic acids is 1. The standard InChI is InChI=1S/C29H22ClNO6/c1-16-20-12-22-23(18-7-9-19(30)10-8-18)15-36-25(22)14-26(20)37-29(35)21(16)13-27(32)31-24(28(33)34)11-17-5-3-2-4-6-17/h2-10,12,14-15,24H,11,13H2,1H3,(H,31,32)(H,33,34)/t24-/m0/s1. The molecule has 0 bridgehead atoms. The summed E-state index contributed by atoms with van der Waals surface area (Å²) < 4.78 is 11.2. The summed E-state index contributed by atoms with van der Waals surface area (Å²) in [7, 11) is 0. The Kier molecular flexibility index (Phi) is 6.54. The zero-order valence-electron chi connectivity index (χ0n) is 19.8. The van der Waals surface area contributed by atoms with Crippen molar-refractivity contribution in [3.05, 3.63) is 105 Å². The van der Waals surface area contributed by atoms with E-state index < -0.39 is 23.5 Å². The van der Waals surface area contributed by atoms with Crippen molar-refractivity contribution in [3.63, 3.8) is 0 Å².